The summed E-state index contributed by atoms with van der Waals surface area (Å²) in [6.07, 6.45) is 6.11. The van der Waals surface area contributed by atoms with Gasteiger partial charge in [0, 0.05) is 18.4 Å². The molecule has 0 aromatic heterocycles. The van der Waals surface area contributed by atoms with E-state index < -0.39 is 0 Å². The average Bonchev–Trinajstić information content (AvgIpc) is 2.24. The molecule has 1 amide bonds. The lowest BCUT2D eigenvalue weighted by molar-refractivity contribution is -0.123. The van der Waals surface area contributed by atoms with Crippen LogP contribution in [0.5, 0.6) is 0 Å². The van der Waals surface area contributed by atoms with Crippen LogP contribution in [0.25, 0.3) is 0 Å². The van der Waals surface area contributed by atoms with Crippen LogP contribution in [0.4, 0.5) is 0 Å². The number of carbonyl (C=O) groups is 1. The quantitative estimate of drug-likeness (QED) is 0.801. The number of nitrogens with zero attached hydrogens (tertiary/aromatic N) is 1. The minimum Gasteiger partial charge on any atom is -0.369 e. The molecule has 1 aliphatic carbocycles. The van der Waals surface area contributed by atoms with Gasteiger partial charge in [0.2, 0.25) is 5.91 Å². The predicted octanol–water partition coefficient (Wildman–Crippen LogP) is 1.75. The van der Waals surface area contributed by atoms with Gasteiger partial charge in [-0.25, -0.2) is 0 Å². The fourth-order valence-electron chi connectivity index (χ4n) is 2.92. The summed E-state index contributed by atoms with van der Waals surface area (Å²) in [7, 11) is 0. The number of piperidine rings is 1. The molecule has 1 saturated heterocycles. The van der Waals surface area contributed by atoms with E-state index in [1.165, 1.54) is 19.3 Å². The highest BCUT2D eigenvalue weighted by Gasteiger charge is 2.38. The van der Waals surface area contributed by atoms with Gasteiger partial charge in [-0.05, 0) is 37.6 Å². The van der Waals surface area contributed by atoms with E-state index in [0.717, 1.165) is 37.8 Å². The predicted molar refractivity (Wildman–Crippen MR) is 68.4 cm³/mol. The van der Waals surface area contributed by atoms with Crippen molar-refractivity contribution in [2.24, 2.45) is 17.1 Å². The number of hydrogen-bond acceptors (Lipinski definition) is 2. The number of hydrogen-bond donors (Lipinski definition) is 1. The lowest BCUT2D eigenvalue weighted by atomic mass is 9.70. The number of nitrogens with two attached hydrogens (primary N) is 1. The first kappa shape index (κ1) is 12.4. The number of primary amides is 1. The molecule has 2 rings (SSSR count). The Labute approximate surface area is 106 Å². The third kappa shape index (κ3) is 2.59. The molecule has 3 nitrogen and oxygen atoms in total. The van der Waals surface area contributed by atoms with Crippen molar-refractivity contribution in [3.63, 3.8) is 0 Å². The summed E-state index contributed by atoms with van der Waals surface area (Å²) in [6.45, 7) is 3.16. The van der Waals surface area contributed by atoms with Gasteiger partial charge in [0.1, 0.15) is 0 Å². The van der Waals surface area contributed by atoms with Gasteiger partial charge in [-0.1, -0.05) is 22.4 Å². The maximum atomic E-state index is 11.2. The summed E-state index contributed by atoms with van der Waals surface area (Å²) in [6, 6.07) is 0. The first-order valence-corrected chi connectivity index (χ1v) is 7.35. The molecule has 1 heterocycles. The second kappa shape index (κ2) is 5.05. The maximum absolute atomic E-state index is 11.2. The number of alkyl halides is 1. The van der Waals surface area contributed by atoms with Crippen LogP contribution < -0.4 is 5.73 Å². The Balaban J connectivity index is 1.87. The van der Waals surface area contributed by atoms with E-state index in [2.05, 4.69) is 20.8 Å². The highest BCUT2D eigenvalue weighted by Crippen LogP contribution is 2.43. The Bertz CT molecular complexity index is 260. The normalized spacial score (nSPS) is 29.7. The lowest BCUT2D eigenvalue weighted by Crippen LogP contribution is -2.48. The molecule has 0 bridgehead atoms. The average molecular weight is 289 g/mol. The van der Waals surface area contributed by atoms with Gasteiger partial charge in [0.25, 0.3) is 0 Å². The van der Waals surface area contributed by atoms with Gasteiger partial charge < -0.3 is 10.6 Å². The van der Waals surface area contributed by atoms with E-state index in [-0.39, 0.29) is 11.8 Å². The fraction of sp³-hybridized carbons (Fsp3) is 0.917. The van der Waals surface area contributed by atoms with Gasteiger partial charge in [-0.2, -0.15) is 0 Å². The molecular weight excluding hydrogens is 268 g/mol. The van der Waals surface area contributed by atoms with Crippen molar-refractivity contribution in [3.05, 3.63) is 0 Å². The largest absolute Gasteiger partial charge is 0.369 e. The van der Waals surface area contributed by atoms with Crippen molar-refractivity contribution in [2.45, 2.75) is 32.1 Å². The van der Waals surface area contributed by atoms with Crippen LogP contribution in [-0.2, 0) is 4.79 Å². The summed E-state index contributed by atoms with van der Waals surface area (Å²) in [5.74, 6) is -0.0348. The van der Waals surface area contributed by atoms with Crippen LogP contribution in [0.3, 0.4) is 0 Å². The lowest BCUT2D eigenvalue weighted by Gasteiger charge is -2.45. The summed E-state index contributed by atoms with van der Waals surface area (Å²) >= 11 is 3.64. The van der Waals surface area contributed by atoms with Gasteiger partial charge in [-0.15, -0.1) is 0 Å². The molecule has 1 saturated carbocycles. The molecule has 2 aliphatic rings. The molecule has 1 unspecified atom stereocenters. The van der Waals surface area contributed by atoms with Crippen LogP contribution in [0.2, 0.25) is 0 Å². The van der Waals surface area contributed by atoms with Gasteiger partial charge in [-0.3, -0.25) is 4.79 Å². The Morgan fingerprint density at radius 3 is 2.69 bits per heavy atom. The van der Waals surface area contributed by atoms with E-state index in [0.29, 0.717) is 5.41 Å². The van der Waals surface area contributed by atoms with E-state index in [9.17, 15) is 4.79 Å². The highest BCUT2D eigenvalue weighted by atomic mass is 79.9. The van der Waals surface area contributed by atoms with Crippen molar-refractivity contribution in [3.8, 4) is 0 Å². The SMILES string of the molecule is NC(=O)C1CCCN(CC2(CBr)CCC2)C1. The molecule has 1 aliphatic heterocycles. The Kier molecular flexibility index (Phi) is 3.90. The minimum absolute atomic E-state index is 0.0844. The zero-order chi connectivity index (χ0) is 11.6. The Hall–Kier alpha value is -0.0900. The molecule has 0 radical (unpaired) electrons. The molecule has 0 aromatic rings. The van der Waals surface area contributed by atoms with Crippen molar-refractivity contribution in [1.29, 1.82) is 0 Å². The summed E-state index contributed by atoms with van der Waals surface area (Å²) in [5.41, 5.74) is 5.88. The second-order valence-corrected chi connectivity index (χ2v) is 6.02. The highest BCUT2D eigenvalue weighted by molar-refractivity contribution is 9.09. The number of amides is 1. The number of likely N-dealkylation sites (tertiary alicyclic amines) is 1. The van der Waals surface area contributed by atoms with Gasteiger partial charge in [0.05, 0.1) is 5.92 Å². The van der Waals surface area contributed by atoms with Gasteiger partial charge in [0.15, 0.2) is 0 Å². The second-order valence-electron chi connectivity index (χ2n) is 5.46. The molecule has 0 aromatic carbocycles. The molecule has 2 N–H and O–H groups in total. The summed E-state index contributed by atoms with van der Waals surface area (Å²) < 4.78 is 0. The van der Waals surface area contributed by atoms with Crippen LogP contribution in [0, 0.1) is 11.3 Å². The third-order valence-electron chi connectivity index (χ3n) is 4.16. The zero-order valence-corrected chi connectivity index (χ0v) is 11.3. The number of rotatable bonds is 4. The molecule has 2 fully saturated rings. The van der Waals surface area contributed by atoms with E-state index in [4.69, 9.17) is 5.73 Å². The molecule has 0 spiro atoms. The number of halogens is 1. The number of carbonyl (C=O) groups excluding carboxylic acids is 1. The fourth-order valence-corrected chi connectivity index (χ4v) is 3.65. The van der Waals surface area contributed by atoms with Crippen LogP contribution in [0.15, 0.2) is 0 Å². The Morgan fingerprint density at radius 1 is 1.44 bits per heavy atom. The summed E-state index contributed by atoms with van der Waals surface area (Å²) in [4.78, 5) is 13.6. The Morgan fingerprint density at radius 2 is 2.19 bits per heavy atom. The van der Waals surface area contributed by atoms with E-state index >= 15 is 0 Å². The first-order valence-electron chi connectivity index (χ1n) is 6.23. The van der Waals surface area contributed by atoms with Gasteiger partial charge >= 0.3 is 0 Å². The maximum Gasteiger partial charge on any atom is 0.221 e. The molecule has 16 heavy (non-hydrogen) atoms. The monoisotopic (exact) mass is 288 g/mol. The van der Waals surface area contributed by atoms with Crippen molar-refractivity contribution in [2.75, 3.05) is 25.0 Å². The topological polar surface area (TPSA) is 46.3 Å². The van der Waals surface area contributed by atoms with Crippen LogP contribution in [0.1, 0.15) is 32.1 Å². The van der Waals surface area contributed by atoms with Crippen molar-refractivity contribution in [1.82, 2.24) is 4.90 Å². The van der Waals surface area contributed by atoms with Crippen LogP contribution in [-0.4, -0.2) is 35.8 Å². The van der Waals surface area contributed by atoms with Crippen molar-refractivity contribution < 1.29 is 4.79 Å². The zero-order valence-electron chi connectivity index (χ0n) is 9.75. The molecular formula is C12H21BrN2O. The third-order valence-corrected chi connectivity index (χ3v) is 5.35. The van der Waals surface area contributed by atoms with Crippen LogP contribution >= 0.6 is 15.9 Å². The molecule has 92 valence electrons. The standard InChI is InChI=1S/C12H21BrN2O/c13-8-12(4-2-5-12)9-15-6-1-3-10(7-15)11(14)16/h10H,1-9H2,(H2,14,16). The summed E-state index contributed by atoms with van der Waals surface area (Å²) in [5, 5.41) is 1.09. The van der Waals surface area contributed by atoms with E-state index in [1.54, 1.807) is 0 Å². The first-order chi connectivity index (χ1) is 7.65. The van der Waals surface area contributed by atoms with Crippen molar-refractivity contribution >= 4 is 21.8 Å². The smallest absolute Gasteiger partial charge is 0.221 e. The minimum atomic E-state index is -0.119. The molecule has 4 heteroatoms. The molecule has 1 atom stereocenters. The van der Waals surface area contributed by atoms with E-state index in [1.807, 2.05) is 0 Å².